The molecule has 108 valence electrons. The predicted molar refractivity (Wildman–Crippen MR) is 81.6 cm³/mol. The van der Waals surface area contributed by atoms with Gasteiger partial charge in [-0.05, 0) is 45.9 Å². The van der Waals surface area contributed by atoms with Crippen molar-refractivity contribution in [1.82, 2.24) is 15.3 Å². The first kappa shape index (κ1) is 14.8. The quantitative estimate of drug-likeness (QED) is 0.871. The minimum Gasteiger partial charge on any atom is -0.444 e. The minimum absolute atomic E-state index is 0.254. The molecule has 0 aliphatic carbocycles. The number of aromatic nitrogens is 2. The van der Waals surface area contributed by atoms with Crippen LogP contribution in [0.25, 0.3) is 11.0 Å². The van der Waals surface area contributed by atoms with Crippen LogP contribution in [0, 0.1) is 0 Å². The predicted octanol–water partition coefficient (Wildman–Crippen LogP) is 3.91. The smallest absolute Gasteiger partial charge is 0.408 e. The highest BCUT2D eigenvalue weighted by atomic mass is 79.9. The molecule has 0 bridgehead atoms. The van der Waals surface area contributed by atoms with Crippen LogP contribution in [0.5, 0.6) is 0 Å². The molecule has 0 spiro atoms. The maximum atomic E-state index is 11.7. The number of H-pyrrole nitrogens is 1. The van der Waals surface area contributed by atoms with Gasteiger partial charge >= 0.3 is 6.09 Å². The monoisotopic (exact) mass is 339 g/mol. The molecule has 1 aromatic heterocycles. The van der Waals surface area contributed by atoms with E-state index in [9.17, 15) is 4.79 Å². The summed E-state index contributed by atoms with van der Waals surface area (Å²) in [6, 6.07) is 5.54. The Morgan fingerprint density at radius 1 is 1.45 bits per heavy atom. The average molecular weight is 340 g/mol. The number of hydrogen-bond acceptors (Lipinski definition) is 3. The van der Waals surface area contributed by atoms with Crippen LogP contribution in [0.1, 0.15) is 39.6 Å². The van der Waals surface area contributed by atoms with Gasteiger partial charge in [-0.25, -0.2) is 9.78 Å². The summed E-state index contributed by atoms with van der Waals surface area (Å²) < 4.78 is 6.20. The third-order valence-corrected chi connectivity index (χ3v) is 3.10. The molecule has 0 aliphatic rings. The SMILES string of the molecule is C[C@H](NC(=O)OC(C)(C)C)c1nc2ccc(Br)cc2[nH]1. The number of benzene rings is 1. The molecule has 1 atom stereocenters. The van der Waals surface area contributed by atoms with Crippen LogP contribution in [0.15, 0.2) is 22.7 Å². The van der Waals surface area contributed by atoms with E-state index in [1.54, 1.807) is 0 Å². The molecule has 6 heteroatoms. The summed E-state index contributed by atoms with van der Waals surface area (Å²) in [6.07, 6.45) is -0.452. The van der Waals surface area contributed by atoms with Gasteiger partial charge in [-0.2, -0.15) is 0 Å². The molecule has 0 saturated heterocycles. The van der Waals surface area contributed by atoms with Gasteiger partial charge in [0.2, 0.25) is 0 Å². The number of aromatic amines is 1. The number of fused-ring (bicyclic) bond motifs is 1. The van der Waals surface area contributed by atoms with Crippen molar-refractivity contribution in [3.63, 3.8) is 0 Å². The van der Waals surface area contributed by atoms with E-state index in [4.69, 9.17) is 4.74 Å². The molecule has 2 rings (SSSR count). The Balaban J connectivity index is 2.11. The Labute approximate surface area is 126 Å². The molecule has 2 aromatic rings. The van der Waals surface area contributed by atoms with Gasteiger partial charge in [0.25, 0.3) is 0 Å². The summed E-state index contributed by atoms with van der Waals surface area (Å²) in [5.41, 5.74) is 1.27. The number of carbonyl (C=O) groups is 1. The van der Waals surface area contributed by atoms with E-state index >= 15 is 0 Å². The van der Waals surface area contributed by atoms with Crippen molar-refractivity contribution < 1.29 is 9.53 Å². The van der Waals surface area contributed by atoms with Crippen molar-refractivity contribution in [3.05, 3.63) is 28.5 Å². The lowest BCUT2D eigenvalue weighted by Gasteiger charge is -2.21. The van der Waals surface area contributed by atoms with Crippen molar-refractivity contribution in [2.24, 2.45) is 0 Å². The number of amides is 1. The Hall–Kier alpha value is -1.56. The largest absolute Gasteiger partial charge is 0.444 e. The number of ether oxygens (including phenoxy) is 1. The lowest BCUT2D eigenvalue weighted by atomic mass is 10.2. The molecule has 1 aromatic carbocycles. The molecule has 0 radical (unpaired) electrons. The van der Waals surface area contributed by atoms with Gasteiger partial charge in [0.05, 0.1) is 17.1 Å². The molecule has 0 unspecified atom stereocenters. The molecule has 1 amide bonds. The maximum absolute atomic E-state index is 11.7. The lowest BCUT2D eigenvalue weighted by molar-refractivity contribution is 0.0506. The number of imidazole rings is 1. The number of rotatable bonds is 2. The van der Waals surface area contributed by atoms with Crippen LogP contribution in [-0.2, 0) is 4.74 Å². The van der Waals surface area contributed by atoms with Gasteiger partial charge in [-0.15, -0.1) is 0 Å². The maximum Gasteiger partial charge on any atom is 0.408 e. The number of carbonyl (C=O) groups excluding carboxylic acids is 1. The second-order valence-electron chi connectivity index (χ2n) is 5.65. The fourth-order valence-electron chi connectivity index (χ4n) is 1.76. The fourth-order valence-corrected chi connectivity index (χ4v) is 2.12. The summed E-state index contributed by atoms with van der Waals surface area (Å²) in [5, 5.41) is 2.76. The number of halogens is 1. The van der Waals surface area contributed by atoms with Crippen molar-refractivity contribution in [2.45, 2.75) is 39.3 Å². The van der Waals surface area contributed by atoms with Gasteiger partial charge < -0.3 is 15.0 Å². The van der Waals surface area contributed by atoms with E-state index in [1.807, 2.05) is 45.9 Å². The summed E-state index contributed by atoms with van der Waals surface area (Å²) in [7, 11) is 0. The second kappa shape index (κ2) is 5.44. The number of nitrogens with zero attached hydrogens (tertiary/aromatic N) is 1. The average Bonchev–Trinajstić information content (AvgIpc) is 2.68. The molecule has 0 aliphatic heterocycles. The summed E-state index contributed by atoms with van der Waals surface area (Å²) in [5.74, 6) is 0.698. The van der Waals surface area contributed by atoms with Crippen molar-refractivity contribution in [2.75, 3.05) is 0 Å². The number of alkyl carbamates (subject to hydrolysis) is 1. The van der Waals surface area contributed by atoms with Crippen molar-refractivity contribution >= 4 is 33.1 Å². The zero-order valence-electron chi connectivity index (χ0n) is 12.0. The van der Waals surface area contributed by atoms with Crippen LogP contribution in [0.4, 0.5) is 4.79 Å². The first-order chi connectivity index (χ1) is 9.24. The van der Waals surface area contributed by atoms with Gasteiger partial charge in [0.15, 0.2) is 0 Å². The first-order valence-corrected chi connectivity index (χ1v) is 7.18. The van der Waals surface area contributed by atoms with Gasteiger partial charge in [0, 0.05) is 4.47 Å². The third kappa shape index (κ3) is 3.72. The summed E-state index contributed by atoms with van der Waals surface area (Å²) in [4.78, 5) is 19.4. The topological polar surface area (TPSA) is 67.0 Å². The van der Waals surface area contributed by atoms with Crippen LogP contribution in [-0.4, -0.2) is 21.7 Å². The van der Waals surface area contributed by atoms with Crippen LogP contribution in [0.2, 0.25) is 0 Å². The van der Waals surface area contributed by atoms with E-state index in [0.29, 0.717) is 5.82 Å². The van der Waals surface area contributed by atoms with Crippen molar-refractivity contribution in [3.8, 4) is 0 Å². The standard InChI is InChI=1S/C14H18BrN3O2/c1-8(16-13(19)20-14(2,3)4)12-17-10-6-5-9(15)7-11(10)18-12/h5-8H,1-4H3,(H,16,19)(H,17,18)/t8-/m0/s1. The highest BCUT2D eigenvalue weighted by Crippen LogP contribution is 2.20. The van der Waals surface area contributed by atoms with E-state index < -0.39 is 11.7 Å². The van der Waals surface area contributed by atoms with Gasteiger partial charge in [-0.3, -0.25) is 0 Å². The first-order valence-electron chi connectivity index (χ1n) is 6.39. The molecule has 1 heterocycles. The minimum atomic E-state index is -0.511. The lowest BCUT2D eigenvalue weighted by Crippen LogP contribution is -2.34. The Morgan fingerprint density at radius 3 is 2.80 bits per heavy atom. The van der Waals surface area contributed by atoms with Crippen LogP contribution < -0.4 is 5.32 Å². The molecular formula is C14H18BrN3O2. The van der Waals surface area contributed by atoms with E-state index in [-0.39, 0.29) is 6.04 Å². The van der Waals surface area contributed by atoms with Crippen LogP contribution >= 0.6 is 15.9 Å². The molecule has 5 nitrogen and oxygen atoms in total. The molecule has 0 saturated carbocycles. The number of nitrogens with one attached hydrogen (secondary N) is 2. The summed E-state index contributed by atoms with van der Waals surface area (Å²) in [6.45, 7) is 7.35. The van der Waals surface area contributed by atoms with E-state index in [2.05, 4.69) is 31.2 Å². The molecule has 2 N–H and O–H groups in total. The van der Waals surface area contributed by atoms with E-state index in [1.165, 1.54) is 0 Å². The Bertz CT molecular complexity index is 631. The third-order valence-electron chi connectivity index (χ3n) is 2.61. The highest BCUT2D eigenvalue weighted by molar-refractivity contribution is 9.10. The van der Waals surface area contributed by atoms with Crippen molar-refractivity contribution in [1.29, 1.82) is 0 Å². The Kier molecular flexibility index (Phi) is 4.04. The van der Waals surface area contributed by atoms with Gasteiger partial charge in [-0.1, -0.05) is 15.9 Å². The van der Waals surface area contributed by atoms with E-state index in [0.717, 1.165) is 15.5 Å². The summed E-state index contributed by atoms with van der Waals surface area (Å²) >= 11 is 3.41. The Morgan fingerprint density at radius 2 is 2.15 bits per heavy atom. The highest BCUT2D eigenvalue weighted by Gasteiger charge is 2.19. The van der Waals surface area contributed by atoms with Gasteiger partial charge in [0.1, 0.15) is 11.4 Å². The molecular weight excluding hydrogens is 322 g/mol. The molecule has 20 heavy (non-hydrogen) atoms. The zero-order valence-corrected chi connectivity index (χ0v) is 13.5. The van der Waals surface area contributed by atoms with Crippen LogP contribution in [0.3, 0.4) is 0 Å². The number of hydrogen-bond donors (Lipinski definition) is 2. The zero-order chi connectivity index (χ0) is 14.9. The second-order valence-corrected chi connectivity index (χ2v) is 6.57. The fraction of sp³-hybridized carbons (Fsp3) is 0.429. The normalized spacial score (nSPS) is 13.2. The molecule has 0 fully saturated rings.